The van der Waals surface area contributed by atoms with Crippen molar-refractivity contribution in [3.8, 4) is 17.2 Å². The van der Waals surface area contributed by atoms with Gasteiger partial charge in [-0.3, -0.25) is 0 Å². The van der Waals surface area contributed by atoms with Crippen molar-refractivity contribution in [2.75, 3.05) is 21.3 Å². The summed E-state index contributed by atoms with van der Waals surface area (Å²) in [4.78, 5) is 0. The summed E-state index contributed by atoms with van der Waals surface area (Å²) in [6.07, 6.45) is 3.60. The van der Waals surface area contributed by atoms with Crippen LogP contribution in [0.2, 0.25) is 0 Å². The summed E-state index contributed by atoms with van der Waals surface area (Å²) in [6, 6.07) is 3.84. The predicted molar refractivity (Wildman–Crippen MR) is 70.4 cm³/mol. The van der Waals surface area contributed by atoms with Gasteiger partial charge >= 0.3 is 0 Å². The van der Waals surface area contributed by atoms with E-state index in [9.17, 15) is 0 Å². The quantitative estimate of drug-likeness (QED) is 0.844. The molecule has 0 aromatic heterocycles. The minimum absolute atomic E-state index is 0.00717. The first kappa shape index (κ1) is 13.0. The smallest absolute Gasteiger partial charge is 0.203 e. The summed E-state index contributed by atoms with van der Waals surface area (Å²) in [5.41, 5.74) is 7.24. The molecule has 1 atom stereocenters. The average molecular weight is 251 g/mol. The van der Waals surface area contributed by atoms with Gasteiger partial charge < -0.3 is 19.9 Å². The second-order valence-electron chi connectivity index (χ2n) is 4.71. The van der Waals surface area contributed by atoms with Crippen molar-refractivity contribution in [3.63, 3.8) is 0 Å². The van der Waals surface area contributed by atoms with Crippen LogP contribution in [0, 0.1) is 5.92 Å². The molecular formula is C14H21NO3. The van der Waals surface area contributed by atoms with Crippen LogP contribution in [-0.2, 0) is 0 Å². The van der Waals surface area contributed by atoms with Crippen LogP contribution in [0.1, 0.15) is 30.9 Å². The van der Waals surface area contributed by atoms with Gasteiger partial charge in [0.2, 0.25) is 5.75 Å². The fourth-order valence-electron chi connectivity index (χ4n) is 2.26. The first-order valence-corrected chi connectivity index (χ1v) is 6.25. The Morgan fingerprint density at radius 1 is 1.11 bits per heavy atom. The Morgan fingerprint density at radius 2 is 1.78 bits per heavy atom. The molecule has 0 amide bonds. The van der Waals surface area contributed by atoms with Crippen LogP contribution in [0.25, 0.3) is 0 Å². The fourth-order valence-corrected chi connectivity index (χ4v) is 2.26. The van der Waals surface area contributed by atoms with Gasteiger partial charge in [0.1, 0.15) is 0 Å². The summed E-state index contributed by atoms with van der Waals surface area (Å²) < 4.78 is 16.1. The van der Waals surface area contributed by atoms with Crippen molar-refractivity contribution >= 4 is 0 Å². The Morgan fingerprint density at radius 3 is 2.28 bits per heavy atom. The van der Waals surface area contributed by atoms with Crippen LogP contribution < -0.4 is 19.9 Å². The largest absolute Gasteiger partial charge is 0.493 e. The lowest BCUT2D eigenvalue weighted by Crippen LogP contribution is -2.13. The molecule has 1 aliphatic carbocycles. The van der Waals surface area contributed by atoms with Gasteiger partial charge in [0.05, 0.1) is 21.3 Å². The van der Waals surface area contributed by atoms with E-state index in [1.807, 2.05) is 12.1 Å². The van der Waals surface area contributed by atoms with Crippen molar-refractivity contribution in [3.05, 3.63) is 17.7 Å². The molecule has 4 nitrogen and oxygen atoms in total. The zero-order chi connectivity index (χ0) is 13.1. The maximum Gasteiger partial charge on any atom is 0.203 e. The van der Waals surface area contributed by atoms with E-state index in [4.69, 9.17) is 19.9 Å². The van der Waals surface area contributed by atoms with E-state index >= 15 is 0 Å². The van der Waals surface area contributed by atoms with Gasteiger partial charge in [-0.1, -0.05) is 12.8 Å². The van der Waals surface area contributed by atoms with E-state index in [2.05, 4.69) is 0 Å². The maximum atomic E-state index is 6.25. The number of benzene rings is 1. The third kappa shape index (κ3) is 2.53. The lowest BCUT2D eigenvalue weighted by Gasteiger charge is -2.19. The number of methoxy groups -OCH3 is 3. The van der Waals surface area contributed by atoms with Gasteiger partial charge in [-0.15, -0.1) is 0 Å². The average Bonchev–Trinajstić information content (AvgIpc) is 3.20. The van der Waals surface area contributed by atoms with Crippen LogP contribution in [0.5, 0.6) is 17.2 Å². The van der Waals surface area contributed by atoms with Gasteiger partial charge in [0.15, 0.2) is 11.5 Å². The zero-order valence-corrected chi connectivity index (χ0v) is 11.2. The number of rotatable bonds is 6. The second kappa shape index (κ2) is 5.48. The summed E-state index contributed by atoms with van der Waals surface area (Å²) in [7, 11) is 4.85. The third-order valence-electron chi connectivity index (χ3n) is 3.42. The predicted octanol–water partition coefficient (Wildman–Crippen LogP) is 2.51. The highest BCUT2D eigenvalue weighted by Crippen LogP contribution is 2.44. The van der Waals surface area contributed by atoms with Crippen LogP contribution in [-0.4, -0.2) is 21.3 Å². The number of hydrogen-bond acceptors (Lipinski definition) is 4. The van der Waals surface area contributed by atoms with Gasteiger partial charge in [0, 0.05) is 11.6 Å². The molecule has 1 aromatic carbocycles. The Hall–Kier alpha value is -1.42. The zero-order valence-electron chi connectivity index (χ0n) is 11.2. The maximum absolute atomic E-state index is 6.25. The van der Waals surface area contributed by atoms with Gasteiger partial charge in [-0.05, 0) is 24.5 Å². The summed E-state index contributed by atoms with van der Waals surface area (Å²) in [5.74, 6) is 2.74. The molecule has 4 heteroatoms. The Kier molecular flexibility index (Phi) is 3.97. The molecule has 0 unspecified atom stereocenters. The van der Waals surface area contributed by atoms with Crippen LogP contribution >= 0.6 is 0 Å². The number of hydrogen-bond donors (Lipinski definition) is 1. The normalized spacial score (nSPS) is 16.2. The second-order valence-corrected chi connectivity index (χ2v) is 4.71. The first-order valence-electron chi connectivity index (χ1n) is 6.25. The molecule has 1 saturated carbocycles. The first-order chi connectivity index (χ1) is 8.71. The van der Waals surface area contributed by atoms with Crippen LogP contribution in [0.4, 0.5) is 0 Å². The van der Waals surface area contributed by atoms with E-state index in [0.29, 0.717) is 17.2 Å². The monoisotopic (exact) mass is 251 g/mol. The molecule has 18 heavy (non-hydrogen) atoms. The van der Waals surface area contributed by atoms with E-state index < -0.39 is 0 Å². The minimum atomic E-state index is -0.00717. The number of ether oxygens (including phenoxy) is 3. The molecule has 0 bridgehead atoms. The van der Waals surface area contributed by atoms with Gasteiger partial charge in [-0.25, -0.2) is 0 Å². The summed E-state index contributed by atoms with van der Waals surface area (Å²) >= 11 is 0. The van der Waals surface area contributed by atoms with Crippen LogP contribution in [0.15, 0.2) is 12.1 Å². The van der Waals surface area contributed by atoms with E-state index in [0.717, 1.165) is 17.9 Å². The molecule has 0 saturated heterocycles. The molecule has 1 fully saturated rings. The highest BCUT2D eigenvalue weighted by molar-refractivity contribution is 5.56. The van der Waals surface area contributed by atoms with Crippen molar-refractivity contribution in [2.24, 2.45) is 11.7 Å². The van der Waals surface area contributed by atoms with Crippen molar-refractivity contribution in [2.45, 2.75) is 25.3 Å². The molecule has 1 aromatic rings. The molecule has 0 aliphatic heterocycles. The van der Waals surface area contributed by atoms with E-state index in [1.54, 1.807) is 21.3 Å². The third-order valence-corrected chi connectivity index (χ3v) is 3.42. The SMILES string of the molecule is COc1ccc([C@H](N)CC2CC2)c(OC)c1OC. The molecule has 0 spiro atoms. The Bertz CT molecular complexity index is 416. The van der Waals surface area contributed by atoms with Crippen LogP contribution in [0.3, 0.4) is 0 Å². The molecule has 2 rings (SSSR count). The standard InChI is InChI=1S/C14H21NO3/c1-16-12-7-6-10(11(15)8-9-4-5-9)13(17-2)14(12)18-3/h6-7,9,11H,4-5,8,15H2,1-3H3/t11-/m1/s1. The minimum Gasteiger partial charge on any atom is -0.493 e. The molecule has 1 aliphatic rings. The topological polar surface area (TPSA) is 53.7 Å². The molecule has 100 valence electrons. The lowest BCUT2D eigenvalue weighted by molar-refractivity contribution is 0.320. The Balaban J connectivity index is 2.33. The molecular weight excluding hydrogens is 230 g/mol. The fraction of sp³-hybridized carbons (Fsp3) is 0.571. The molecule has 2 N–H and O–H groups in total. The van der Waals surface area contributed by atoms with E-state index in [-0.39, 0.29) is 6.04 Å². The Labute approximate surface area is 108 Å². The van der Waals surface area contributed by atoms with Crippen molar-refractivity contribution in [1.29, 1.82) is 0 Å². The van der Waals surface area contributed by atoms with E-state index in [1.165, 1.54) is 12.8 Å². The summed E-state index contributed by atoms with van der Waals surface area (Å²) in [5, 5.41) is 0. The van der Waals surface area contributed by atoms with Crippen molar-refractivity contribution in [1.82, 2.24) is 0 Å². The van der Waals surface area contributed by atoms with Gasteiger partial charge in [0.25, 0.3) is 0 Å². The lowest BCUT2D eigenvalue weighted by atomic mass is 10.0. The van der Waals surface area contributed by atoms with Gasteiger partial charge in [-0.2, -0.15) is 0 Å². The molecule has 0 radical (unpaired) electrons. The highest BCUT2D eigenvalue weighted by Gasteiger charge is 2.27. The number of nitrogens with two attached hydrogens (primary N) is 1. The molecule has 0 heterocycles. The highest BCUT2D eigenvalue weighted by atomic mass is 16.5. The summed E-state index contributed by atoms with van der Waals surface area (Å²) in [6.45, 7) is 0. The van der Waals surface area contributed by atoms with Crippen molar-refractivity contribution < 1.29 is 14.2 Å².